The van der Waals surface area contributed by atoms with Crippen LogP contribution in [-0.4, -0.2) is 26.7 Å². The number of thiazole rings is 1. The van der Waals surface area contributed by atoms with Gasteiger partial charge in [0.25, 0.3) is 4.84 Å². The Kier molecular flexibility index (Phi) is 5.15. The smallest absolute Gasteiger partial charge is 0.288 e. The number of fused-ring (bicyclic) bond motifs is 1. The lowest BCUT2D eigenvalue weighted by molar-refractivity contribution is 0.192. The van der Waals surface area contributed by atoms with E-state index in [1.807, 2.05) is 43.4 Å². The summed E-state index contributed by atoms with van der Waals surface area (Å²) in [6, 6.07) is 18.5. The van der Waals surface area contributed by atoms with Gasteiger partial charge in [0, 0.05) is 0 Å². The quantitative estimate of drug-likeness (QED) is 0.427. The van der Waals surface area contributed by atoms with Crippen LogP contribution in [0, 0.1) is 4.84 Å². The minimum Gasteiger partial charge on any atom is -0.414 e. The summed E-state index contributed by atoms with van der Waals surface area (Å²) in [4.78, 5) is 7.32. The Morgan fingerprint density at radius 1 is 1.15 bits per heavy atom. The fourth-order valence-electron chi connectivity index (χ4n) is 2.87. The second kappa shape index (κ2) is 7.72. The van der Waals surface area contributed by atoms with Crippen molar-refractivity contribution in [1.82, 2.24) is 19.7 Å². The lowest BCUT2D eigenvalue weighted by atomic mass is 10.2. The van der Waals surface area contributed by atoms with Gasteiger partial charge in [0.05, 0.1) is 29.3 Å². The van der Waals surface area contributed by atoms with Crippen LogP contribution >= 0.6 is 23.6 Å². The molecule has 0 radical (unpaired) electrons. The van der Waals surface area contributed by atoms with Crippen molar-refractivity contribution in [2.24, 2.45) is 0 Å². The van der Waals surface area contributed by atoms with Gasteiger partial charge in [-0.15, -0.1) is 16.4 Å². The highest BCUT2D eigenvalue weighted by Crippen LogP contribution is 2.29. The Hall–Kier alpha value is -2.35. The second-order valence-corrected chi connectivity index (χ2v) is 7.93. The van der Waals surface area contributed by atoms with E-state index in [1.165, 1.54) is 4.70 Å². The molecule has 27 heavy (non-hydrogen) atoms. The van der Waals surface area contributed by atoms with E-state index in [0.717, 1.165) is 16.1 Å². The van der Waals surface area contributed by atoms with Gasteiger partial charge in [0.15, 0.2) is 0 Å². The zero-order valence-corrected chi connectivity index (χ0v) is 16.8. The minimum absolute atomic E-state index is 0.151. The third-order valence-corrected chi connectivity index (χ3v) is 6.03. The third kappa shape index (κ3) is 4.00. The first-order valence-electron chi connectivity index (χ1n) is 8.76. The van der Waals surface area contributed by atoms with E-state index in [1.54, 1.807) is 16.0 Å². The molecule has 0 aliphatic carbocycles. The highest BCUT2D eigenvalue weighted by Gasteiger charge is 2.18. The van der Waals surface area contributed by atoms with Crippen LogP contribution in [0.25, 0.3) is 10.2 Å². The highest BCUT2D eigenvalue weighted by atomic mass is 32.1. The summed E-state index contributed by atoms with van der Waals surface area (Å²) in [5, 5.41) is 5.63. The summed E-state index contributed by atoms with van der Waals surface area (Å²) < 4.78 is 8.62. The van der Waals surface area contributed by atoms with Gasteiger partial charge in [-0.05, 0) is 43.9 Å². The molecule has 1 atom stereocenters. The zero-order valence-electron chi connectivity index (χ0n) is 15.2. The Balaban J connectivity index is 1.48. The van der Waals surface area contributed by atoms with Crippen molar-refractivity contribution in [3.05, 3.63) is 75.9 Å². The molecule has 0 N–H and O–H groups in total. The van der Waals surface area contributed by atoms with E-state index >= 15 is 0 Å². The third-order valence-electron chi connectivity index (χ3n) is 4.53. The van der Waals surface area contributed by atoms with Crippen LogP contribution in [0.5, 0.6) is 0 Å². The van der Waals surface area contributed by atoms with Crippen molar-refractivity contribution in [2.45, 2.75) is 26.1 Å². The Morgan fingerprint density at radius 2 is 1.89 bits per heavy atom. The van der Waals surface area contributed by atoms with Gasteiger partial charge in [-0.25, -0.2) is 9.67 Å². The van der Waals surface area contributed by atoms with E-state index in [2.05, 4.69) is 35.1 Å². The van der Waals surface area contributed by atoms with Crippen molar-refractivity contribution in [1.29, 1.82) is 0 Å². The Bertz CT molecular complexity index is 1070. The summed E-state index contributed by atoms with van der Waals surface area (Å²) >= 11 is 7.08. The van der Waals surface area contributed by atoms with E-state index in [9.17, 15) is 0 Å². The number of nitrogens with zero attached hydrogens (tertiary/aromatic N) is 4. The Morgan fingerprint density at radius 3 is 2.67 bits per heavy atom. The van der Waals surface area contributed by atoms with Gasteiger partial charge in [-0.2, -0.15) is 0 Å². The number of hydrogen-bond acceptors (Lipinski definition) is 6. The fraction of sp³-hybridized carbons (Fsp3) is 0.250. The summed E-state index contributed by atoms with van der Waals surface area (Å²) in [6.07, 6.45) is 0.634. The number of hydrogen-bond donors (Lipinski definition) is 0. The molecule has 0 aliphatic rings. The SMILES string of the molecule is C[C@H](c1nc2ccccc2s1)N(C)Cn1nc(Cc2ccccc2)oc1=S. The second-order valence-electron chi connectivity index (χ2n) is 6.52. The molecule has 0 saturated carbocycles. The van der Waals surface area contributed by atoms with Crippen LogP contribution in [0.4, 0.5) is 0 Å². The maximum Gasteiger partial charge on any atom is 0.288 e. The zero-order chi connectivity index (χ0) is 18.8. The summed E-state index contributed by atoms with van der Waals surface area (Å²) in [7, 11) is 2.05. The van der Waals surface area contributed by atoms with Crippen molar-refractivity contribution < 1.29 is 4.42 Å². The van der Waals surface area contributed by atoms with Crippen molar-refractivity contribution in [3.8, 4) is 0 Å². The molecule has 0 spiro atoms. The normalized spacial score (nSPS) is 12.7. The lowest BCUT2D eigenvalue weighted by Gasteiger charge is -2.22. The Labute approximate surface area is 166 Å². The number of aromatic nitrogens is 3. The summed E-state index contributed by atoms with van der Waals surface area (Å²) in [6.45, 7) is 2.69. The first-order valence-corrected chi connectivity index (χ1v) is 9.99. The number of para-hydroxylation sites is 1. The van der Waals surface area contributed by atoms with E-state index in [0.29, 0.717) is 23.8 Å². The topological polar surface area (TPSA) is 47.1 Å². The average molecular weight is 397 g/mol. The van der Waals surface area contributed by atoms with Gasteiger partial charge in [-0.1, -0.05) is 42.5 Å². The van der Waals surface area contributed by atoms with Crippen LogP contribution in [0.3, 0.4) is 0 Å². The first-order chi connectivity index (χ1) is 13.1. The molecular formula is C20H20N4OS2. The molecule has 4 rings (SSSR count). The van der Waals surface area contributed by atoms with Gasteiger partial charge in [0.2, 0.25) is 5.89 Å². The molecule has 4 aromatic rings. The maximum absolute atomic E-state index is 5.68. The molecule has 5 nitrogen and oxygen atoms in total. The predicted molar refractivity (Wildman–Crippen MR) is 110 cm³/mol. The summed E-state index contributed by atoms with van der Waals surface area (Å²) in [5.41, 5.74) is 2.19. The number of rotatable bonds is 6. The molecule has 2 aromatic heterocycles. The molecule has 7 heteroatoms. The summed E-state index contributed by atoms with van der Waals surface area (Å²) in [5.74, 6) is 0.632. The lowest BCUT2D eigenvalue weighted by Crippen LogP contribution is -2.26. The van der Waals surface area contributed by atoms with E-state index in [4.69, 9.17) is 21.6 Å². The van der Waals surface area contributed by atoms with Crippen LogP contribution in [0.1, 0.15) is 29.4 Å². The molecular weight excluding hydrogens is 376 g/mol. The van der Waals surface area contributed by atoms with Crippen molar-refractivity contribution in [2.75, 3.05) is 7.05 Å². The highest BCUT2D eigenvalue weighted by molar-refractivity contribution is 7.71. The van der Waals surface area contributed by atoms with Gasteiger partial charge in [-0.3, -0.25) is 4.90 Å². The molecule has 0 aliphatic heterocycles. The van der Waals surface area contributed by atoms with Crippen LogP contribution < -0.4 is 0 Å². The molecule has 2 heterocycles. The molecule has 0 unspecified atom stereocenters. The minimum atomic E-state index is 0.151. The van der Waals surface area contributed by atoms with Crippen LogP contribution in [-0.2, 0) is 13.1 Å². The van der Waals surface area contributed by atoms with E-state index < -0.39 is 0 Å². The number of benzene rings is 2. The van der Waals surface area contributed by atoms with Crippen molar-refractivity contribution in [3.63, 3.8) is 0 Å². The standard InChI is InChI=1S/C20H20N4OS2/c1-14(19-21-16-10-6-7-11-17(16)27-19)23(2)13-24-20(26)25-18(22-24)12-15-8-4-3-5-9-15/h3-11,14H,12-13H2,1-2H3/t14-/m1/s1. The van der Waals surface area contributed by atoms with Gasteiger partial charge < -0.3 is 4.42 Å². The van der Waals surface area contributed by atoms with Crippen LogP contribution in [0.2, 0.25) is 0 Å². The molecule has 0 amide bonds. The molecule has 138 valence electrons. The molecule has 0 bridgehead atoms. The average Bonchev–Trinajstić information content (AvgIpc) is 3.25. The fourth-order valence-corrected chi connectivity index (χ4v) is 4.15. The predicted octanol–water partition coefficient (Wildman–Crippen LogP) is 5.06. The van der Waals surface area contributed by atoms with Crippen LogP contribution in [0.15, 0.2) is 59.0 Å². The largest absolute Gasteiger partial charge is 0.414 e. The monoisotopic (exact) mass is 396 g/mol. The first kappa shape index (κ1) is 18.0. The maximum atomic E-state index is 5.68. The molecule has 0 saturated heterocycles. The molecule has 0 fully saturated rings. The van der Waals surface area contributed by atoms with Gasteiger partial charge in [0.1, 0.15) is 5.01 Å². The van der Waals surface area contributed by atoms with Gasteiger partial charge >= 0.3 is 0 Å². The van der Waals surface area contributed by atoms with E-state index in [-0.39, 0.29) is 6.04 Å². The van der Waals surface area contributed by atoms with Crippen molar-refractivity contribution >= 4 is 33.8 Å². The molecule has 2 aromatic carbocycles.